The van der Waals surface area contributed by atoms with Crippen LogP contribution in [0.1, 0.15) is 23.7 Å². The number of pyridine rings is 1. The number of halogens is 2. The first kappa shape index (κ1) is 21.2. The molecule has 5 rings (SSSR count). The van der Waals surface area contributed by atoms with E-state index in [0.29, 0.717) is 48.4 Å². The van der Waals surface area contributed by atoms with Gasteiger partial charge in [-0.15, -0.1) is 11.3 Å². The number of fused-ring (bicyclic) bond motifs is 1. The van der Waals surface area contributed by atoms with Gasteiger partial charge in [0.05, 0.1) is 11.6 Å². The molecule has 2 aliphatic rings. The minimum atomic E-state index is -0.986. The van der Waals surface area contributed by atoms with E-state index in [-0.39, 0.29) is 18.4 Å². The van der Waals surface area contributed by atoms with Crippen molar-refractivity contribution in [1.29, 1.82) is 0 Å². The van der Waals surface area contributed by atoms with Crippen LogP contribution in [0.5, 0.6) is 11.6 Å². The molecule has 0 bridgehead atoms. The second kappa shape index (κ2) is 8.71. The topological polar surface area (TPSA) is 51.7 Å². The molecule has 1 amide bonds. The van der Waals surface area contributed by atoms with Crippen molar-refractivity contribution in [2.24, 2.45) is 5.92 Å². The second-order valence-electron chi connectivity index (χ2n) is 8.12. The van der Waals surface area contributed by atoms with Gasteiger partial charge in [0, 0.05) is 34.3 Å². The molecular formula is C24H22ClFN2O3S. The van der Waals surface area contributed by atoms with E-state index in [1.54, 1.807) is 34.6 Å². The van der Waals surface area contributed by atoms with Crippen molar-refractivity contribution in [3.8, 4) is 33.2 Å². The zero-order valence-electron chi connectivity index (χ0n) is 17.5. The summed E-state index contributed by atoms with van der Waals surface area (Å²) in [5, 5.41) is 2.52. The van der Waals surface area contributed by atoms with Crippen LogP contribution in [0.2, 0.25) is 5.02 Å². The number of ether oxygens (including phenoxy) is 2. The maximum Gasteiger partial charge on any atom is 0.257 e. The number of likely N-dealkylation sites (tertiary alicyclic amines) is 1. The molecule has 3 aromatic rings. The van der Waals surface area contributed by atoms with Crippen molar-refractivity contribution in [3.05, 3.63) is 52.5 Å². The highest BCUT2D eigenvalue weighted by Gasteiger charge is 2.29. The predicted octanol–water partition coefficient (Wildman–Crippen LogP) is 5.72. The number of rotatable bonds is 3. The average Bonchev–Trinajstić information content (AvgIpc) is 3.29. The molecule has 0 aliphatic carbocycles. The fourth-order valence-electron chi connectivity index (χ4n) is 4.04. The molecule has 1 fully saturated rings. The number of benzene rings is 1. The van der Waals surface area contributed by atoms with Gasteiger partial charge in [-0.25, -0.2) is 9.37 Å². The molecule has 0 unspecified atom stereocenters. The van der Waals surface area contributed by atoms with Crippen LogP contribution in [0, 0.1) is 5.92 Å². The van der Waals surface area contributed by atoms with Crippen molar-refractivity contribution in [3.63, 3.8) is 0 Å². The Labute approximate surface area is 194 Å². The largest absolute Gasteiger partial charge is 0.484 e. The highest BCUT2D eigenvalue weighted by atomic mass is 35.5. The van der Waals surface area contributed by atoms with Crippen LogP contribution in [-0.4, -0.2) is 48.3 Å². The minimum Gasteiger partial charge on any atom is -0.484 e. The van der Waals surface area contributed by atoms with E-state index in [0.717, 1.165) is 21.6 Å². The molecule has 2 atom stereocenters. The molecule has 166 valence electrons. The fourth-order valence-corrected chi connectivity index (χ4v) is 5.32. The maximum absolute atomic E-state index is 14.1. The summed E-state index contributed by atoms with van der Waals surface area (Å²) in [5.41, 5.74) is 3.23. The summed E-state index contributed by atoms with van der Waals surface area (Å²) in [4.78, 5) is 19.6. The number of hydrogen-bond donors (Lipinski definition) is 0. The first-order chi connectivity index (χ1) is 15.5. The summed E-state index contributed by atoms with van der Waals surface area (Å²) in [6.07, 6.45) is 1.39. The average molecular weight is 473 g/mol. The van der Waals surface area contributed by atoms with E-state index in [4.69, 9.17) is 21.1 Å². The van der Waals surface area contributed by atoms with Crippen LogP contribution in [0.4, 0.5) is 4.39 Å². The maximum atomic E-state index is 14.1. The molecule has 0 N–H and O–H groups in total. The molecule has 1 aromatic carbocycles. The highest BCUT2D eigenvalue weighted by Crippen LogP contribution is 2.42. The van der Waals surface area contributed by atoms with Gasteiger partial charge in [-0.1, -0.05) is 24.6 Å². The van der Waals surface area contributed by atoms with Crippen LogP contribution < -0.4 is 9.47 Å². The van der Waals surface area contributed by atoms with Crippen LogP contribution in [0.3, 0.4) is 0 Å². The van der Waals surface area contributed by atoms with Gasteiger partial charge in [-0.05, 0) is 47.5 Å². The van der Waals surface area contributed by atoms with Gasteiger partial charge in [0.15, 0.2) is 5.75 Å². The number of alkyl halides is 1. The number of thiophene rings is 1. The van der Waals surface area contributed by atoms with Gasteiger partial charge < -0.3 is 14.4 Å². The highest BCUT2D eigenvalue weighted by molar-refractivity contribution is 7.14. The van der Waals surface area contributed by atoms with E-state index in [2.05, 4.69) is 4.98 Å². The number of carbonyl (C=O) groups is 1. The van der Waals surface area contributed by atoms with E-state index in [1.807, 2.05) is 30.5 Å². The first-order valence-electron chi connectivity index (χ1n) is 10.6. The molecule has 1 saturated heterocycles. The summed E-state index contributed by atoms with van der Waals surface area (Å²) < 4.78 is 25.4. The molecule has 32 heavy (non-hydrogen) atoms. The zero-order chi connectivity index (χ0) is 22.2. The Morgan fingerprint density at radius 2 is 2.06 bits per heavy atom. The van der Waals surface area contributed by atoms with Gasteiger partial charge in [0.25, 0.3) is 11.8 Å². The predicted molar refractivity (Wildman–Crippen MR) is 124 cm³/mol. The van der Waals surface area contributed by atoms with Crippen molar-refractivity contribution in [2.75, 3.05) is 26.3 Å². The lowest BCUT2D eigenvalue weighted by Gasteiger charge is -2.33. The lowest BCUT2D eigenvalue weighted by atomic mass is 9.96. The van der Waals surface area contributed by atoms with Crippen LogP contribution >= 0.6 is 22.9 Å². The number of carbonyl (C=O) groups excluding carboxylic acids is 1. The van der Waals surface area contributed by atoms with Crippen molar-refractivity contribution in [1.82, 2.24) is 9.88 Å². The lowest BCUT2D eigenvalue weighted by Crippen LogP contribution is -2.44. The molecule has 0 spiro atoms. The van der Waals surface area contributed by atoms with Gasteiger partial charge in [-0.2, -0.15) is 0 Å². The minimum absolute atomic E-state index is 0.0130. The summed E-state index contributed by atoms with van der Waals surface area (Å²) >= 11 is 8.14. The summed E-state index contributed by atoms with van der Waals surface area (Å²) in [7, 11) is 0. The van der Waals surface area contributed by atoms with E-state index in [1.165, 1.54) is 0 Å². The summed E-state index contributed by atoms with van der Waals surface area (Å²) in [6.45, 7) is 3.56. The zero-order valence-corrected chi connectivity index (χ0v) is 19.1. The molecular weight excluding hydrogens is 451 g/mol. The smallest absolute Gasteiger partial charge is 0.257 e. The van der Waals surface area contributed by atoms with Gasteiger partial charge in [0.1, 0.15) is 19.4 Å². The summed E-state index contributed by atoms with van der Waals surface area (Å²) in [6, 6.07) is 9.24. The SMILES string of the molecule is C[C@@H]1CCN(C(=O)c2ccc(-c3cc(-c4ccnc5c4OCCO5)cs3)c(Cl)c2)C[C@H]1F. The molecule has 0 radical (unpaired) electrons. The standard InChI is InChI=1S/C24H22ClFN2O3S/c1-14-5-7-28(12-20(14)26)24(29)15-2-3-18(19(25)10-15)21-11-16(13-32-21)17-4-6-27-23-22(17)30-8-9-31-23/h2-4,6,10-11,13-14,20H,5,7-9,12H2,1H3/t14-,20-/m1/s1. The van der Waals surface area contributed by atoms with Crippen molar-refractivity contribution < 1.29 is 18.7 Å². The van der Waals surface area contributed by atoms with E-state index in [9.17, 15) is 9.18 Å². The van der Waals surface area contributed by atoms with Crippen LogP contribution in [-0.2, 0) is 0 Å². The Hall–Kier alpha value is -2.64. The second-order valence-corrected chi connectivity index (χ2v) is 9.44. The molecule has 4 heterocycles. The van der Waals surface area contributed by atoms with Crippen LogP contribution in [0.25, 0.3) is 21.6 Å². The normalized spacial score (nSPS) is 20.3. The number of nitrogens with zero attached hydrogens (tertiary/aromatic N) is 2. The lowest BCUT2D eigenvalue weighted by molar-refractivity contribution is 0.0541. The Balaban J connectivity index is 1.39. The quantitative estimate of drug-likeness (QED) is 0.489. The summed E-state index contributed by atoms with van der Waals surface area (Å²) in [5.74, 6) is 0.962. The fraction of sp³-hybridized carbons (Fsp3) is 0.333. The molecule has 8 heteroatoms. The van der Waals surface area contributed by atoms with E-state index >= 15 is 0 Å². The van der Waals surface area contributed by atoms with Gasteiger partial charge in [-0.3, -0.25) is 4.79 Å². The Bertz CT molecular complexity index is 1170. The van der Waals surface area contributed by atoms with E-state index < -0.39 is 6.17 Å². The number of piperidine rings is 1. The number of hydrogen-bond acceptors (Lipinski definition) is 5. The Morgan fingerprint density at radius 1 is 1.22 bits per heavy atom. The third-order valence-corrected chi connectivity index (χ3v) is 7.26. The third kappa shape index (κ3) is 3.95. The van der Waals surface area contributed by atoms with Gasteiger partial charge >= 0.3 is 0 Å². The molecule has 2 aromatic heterocycles. The molecule has 2 aliphatic heterocycles. The molecule has 0 saturated carbocycles. The van der Waals surface area contributed by atoms with Gasteiger partial charge in [0.2, 0.25) is 0 Å². The van der Waals surface area contributed by atoms with Crippen molar-refractivity contribution in [2.45, 2.75) is 19.5 Å². The Kier molecular flexibility index (Phi) is 5.78. The Morgan fingerprint density at radius 3 is 2.88 bits per heavy atom. The first-order valence-corrected chi connectivity index (χ1v) is 11.8. The third-order valence-electron chi connectivity index (χ3n) is 5.99. The number of amides is 1. The van der Waals surface area contributed by atoms with Crippen LogP contribution in [0.15, 0.2) is 41.9 Å². The monoisotopic (exact) mass is 472 g/mol. The molecule has 5 nitrogen and oxygen atoms in total. The van der Waals surface area contributed by atoms with Crippen molar-refractivity contribution >= 4 is 28.8 Å². The number of aromatic nitrogens is 1.